The maximum atomic E-state index is 13.6. The third kappa shape index (κ3) is 4.66. The minimum atomic E-state index is -0.296. The van der Waals surface area contributed by atoms with Crippen LogP contribution in [0.15, 0.2) is 36.5 Å². The second-order valence-corrected chi connectivity index (χ2v) is 5.64. The van der Waals surface area contributed by atoms with E-state index in [2.05, 4.69) is 10.3 Å². The van der Waals surface area contributed by atoms with Gasteiger partial charge in [0.25, 0.3) is 0 Å². The van der Waals surface area contributed by atoms with E-state index in [-0.39, 0.29) is 29.1 Å². The van der Waals surface area contributed by atoms with Gasteiger partial charge >= 0.3 is 0 Å². The van der Waals surface area contributed by atoms with Crippen LogP contribution in [0.4, 0.5) is 10.2 Å². The molecule has 0 atom stereocenters. The molecule has 2 rings (SSSR count). The summed E-state index contributed by atoms with van der Waals surface area (Å²) in [4.78, 5) is 17.6. The second-order valence-electron chi connectivity index (χ2n) is 4.80. The highest BCUT2D eigenvalue weighted by Crippen LogP contribution is 2.22. The standard InChI is InChI=1S/C15H14Cl2FN3O/c1-21(8-10-4-2-3-5-13(10)18)9-14(22)20-15-12(17)6-11(16)7-19-15/h2-7H,8-9H2,1H3,(H,19,20,22). The van der Waals surface area contributed by atoms with Crippen LogP contribution in [0.2, 0.25) is 10.0 Å². The zero-order valence-electron chi connectivity index (χ0n) is 11.8. The van der Waals surface area contributed by atoms with Crippen molar-refractivity contribution in [2.75, 3.05) is 18.9 Å². The number of anilines is 1. The van der Waals surface area contributed by atoms with Crippen molar-refractivity contribution < 1.29 is 9.18 Å². The van der Waals surface area contributed by atoms with Crippen molar-refractivity contribution in [2.24, 2.45) is 0 Å². The highest BCUT2D eigenvalue weighted by molar-refractivity contribution is 6.36. The van der Waals surface area contributed by atoms with Crippen molar-refractivity contribution >= 4 is 34.9 Å². The van der Waals surface area contributed by atoms with Crippen LogP contribution in [0.3, 0.4) is 0 Å². The fraction of sp³-hybridized carbons (Fsp3) is 0.200. The van der Waals surface area contributed by atoms with Gasteiger partial charge in [-0.1, -0.05) is 41.4 Å². The average molecular weight is 342 g/mol. The zero-order valence-corrected chi connectivity index (χ0v) is 13.3. The number of nitrogens with zero attached hydrogens (tertiary/aromatic N) is 2. The monoisotopic (exact) mass is 341 g/mol. The van der Waals surface area contributed by atoms with E-state index in [4.69, 9.17) is 23.2 Å². The van der Waals surface area contributed by atoms with Gasteiger partial charge in [-0.2, -0.15) is 0 Å². The van der Waals surface area contributed by atoms with Gasteiger partial charge in [0, 0.05) is 18.3 Å². The number of nitrogens with one attached hydrogen (secondary N) is 1. The maximum Gasteiger partial charge on any atom is 0.239 e. The number of carbonyl (C=O) groups excluding carboxylic acids is 1. The first-order chi connectivity index (χ1) is 10.5. The molecule has 0 fully saturated rings. The molecule has 2 aromatic rings. The molecule has 0 saturated carbocycles. The van der Waals surface area contributed by atoms with Gasteiger partial charge in [0.1, 0.15) is 5.82 Å². The molecule has 1 N–H and O–H groups in total. The van der Waals surface area contributed by atoms with Crippen molar-refractivity contribution in [3.05, 3.63) is 58.0 Å². The molecule has 116 valence electrons. The lowest BCUT2D eigenvalue weighted by Crippen LogP contribution is -2.30. The van der Waals surface area contributed by atoms with Crippen LogP contribution in [0.5, 0.6) is 0 Å². The molecule has 0 aliphatic rings. The summed E-state index contributed by atoms with van der Waals surface area (Å²) in [6.45, 7) is 0.400. The lowest BCUT2D eigenvalue weighted by Gasteiger charge is -2.16. The van der Waals surface area contributed by atoms with Crippen LogP contribution in [-0.4, -0.2) is 29.4 Å². The van der Waals surface area contributed by atoms with Gasteiger partial charge < -0.3 is 5.32 Å². The third-order valence-electron chi connectivity index (χ3n) is 2.88. The Bertz CT molecular complexity index is 682. The van der Waals surface area contributed by atoms with E-state index in [1.165, 1.54) is 18.3 Å². The molecule has 0 radical (unpaired) electrons. The molecule has 7 heteroatoms. The summed E-state index contributed by atoms with van der Waals surface area (Å²) in [6, 6.07) is 7.94. The highest BCUT2D eigenvalue weighted by Gasteiger charge is 2.12. The number of benzene rings is 1. The minimum Gasteiger partial charge on any atom is -0.308 e. The molecule has 0 aliphatic heterocycles. The van der Waals surface area contributed by atoms with E-state index in [9.17, 15) is 9.18 Å². The SMILES string of the molecule is CN(CC(=O)Nc1ncc(Cl)cc1Cl)Cc1ccccc1F. The van der Waals surface area contributed by atoms with Crippen LogP contribution in [-0.2, 0) is 11.3 Å². The molecule has 1 heterocycles. The Morgan fingerprint density at radius 1 is 1.36 bits per heavy atom. The average Bonchev–Trinajstić information content (AvgIpc) is 2.44. The first kappa shape index (κ1) is 16.7. The Morgan fingerprint density at radius 3 is 2.77 bits per heavy atom. The summed E-state index contributed by atoms with van der Waals surface area (Å²) in [5, 5.41) is 3.24. The van der Waals surface area contributed by atoms with Crippen molar-refractivity contribution in [3.8, 4) is 0 Å². The van der Waals surface area contributed by atoms with E-state index >= 15 is 0 Å². The second kappa shape index (κ2) is 7.54. The number of likely N-dealkylation sites (N-methyl/N-ethyl adjacent to an activating group) is 1. The molecule has 0 unspecified atom stereocenters. The number of rotatable bonds is 5. The van der Waals surface area contributed by atoms with E-state index < -0.39 is 0 Å². The molecule has 0 bridgehead atoms. The van der Waals surface area contributed by atoms with Crippen molar-refractivity contribution in [1.82, 2.24) is 9.88 Å². The van der Waals surface area contributed by atoms with E-state index in [1.54, 1.807) is 30.1 Å². The van der Waals surface area contributed by atoms with E-state index in [0.717, 1.165) is 0 Å². The predicted octanol–water partition coefficient (Wildman–Crippen LogP) is 3.60. The van der Waals surface area contributed by atoms with Gasteiger partial charge in [-0.25, -0.2) is 9.37 Å². The zero-order chi connectivity index (χ0) is 16.1. The number of pyridine rings is 1. The molecule has 4 nitrogen and oxygen atoms in total. The topological polar surface area (TPSA) is 45.2 Å². The summed E-state index contributed by atoms with van der Waals surface area (Å²) in [6.07, 6.45) is 1.39. The van der Waals surface area contributed by atoms with Crippen molar-refractivity contribution in [3.63, 3.8) is 0 Å². The minimum absolute atomic E-state index is 0.0783. The van der Waals surface area contributed by atoms with E-state index in [1.807, 2.05) is 0 Å². The van der Waals surface area contributed by atoms with Gasteiger partial charge in [-0.05, 0) is 19.2 Å². The summed E-state index contributed by atoms with van der Waals surface area (Å²) in [5.74, 6) is -0.344. The van der Waals surface area contributed by atoms with Crippen LogP contribution < -0.4 is 5.32 Å². The Labute approximate surface area is 137 Å². The normalized spacial score (nSPS) is 10.8. The molecule has 1 aromatic carbocycles. The molecular weight excluding hydrogens is 328 g/mol. The molecular formula is C15H14Cl2FN3O. The highest BCUT2D eigenvalue weighted by atomic mass is 35.5. The predicted molar refractivity (Wildman–Crippen MR) is 85.6 cm³/mol. The number of hydrogen-bond donors (Lipinski definition) is 1. The number of halogens is 3. The number of amides is 1. The Hall–Kier alpha value is -1.69. The summed E-state index contributed by atoms with van der Waals surface area (Å²) in [7, 11) is 1.73. The Kier molecular flexibility index (Phi) is 5.71. The molecule has 1 amide bonds. The Morgan fingerprint density at radius 2 is 2.09 bits per heavy atom. The Balaban J connectivity index is 1.93. The van der Waals surface area contributed by atoms with Crippen LogP contribution in [0.25, 0.3) is 0 Å². The van der Waals surface area contributed by atoms with Crippen LogP contribution >= 0.6 is 23.2 Å². The van der Waals surface area contributed by atoms with Crippen LogP contribution in [0, 0.1) is 5.82 Å². The van der Waals surface area contributed by atoms with Gasteiger partial charge in [-0.3, -0.25) is 9.69 Å². The summed E-state index contributed by atoms with van der Waals surface area (Å²) >= 11 is 11.7. The lowest BCUT2D eigenvalue weighted by molar-refractivity contribution is -0.117. The van der Waals surface area contributed by atoms with Gasteiger partial charge in [0.05, 0.1) is 16.6 Å². The van der Waals surface area contributed by atoms with Gasteiger partial charge in [-0.15, -0.1) is 0 Å². The first-order valence-electron chi connectivity index (χ1n) is 6.48. The molecule has 0 spiro atoms. The number of carbonyl (C=O) groups is 1. The molecule has 0 saturated heterocycles. The third-order valence-corrected chi connectivity index (χ3v) is 3.37. The van der Waals surface area contributed by atoms with E-state index in [0.29, 0.717) is 17.1 Å². The van der Waals surface area contributed by atoms with Crippen molar-refractivity contribution in [1.29, 1.82) is 0 Å². The van der Waals surface area contributed by atoms with Crippen LogP contribution in [0.1, 0.15) is 5.56 Å². The summed E-state index contributed by atoms with van der Waals surface area (Å²) in [5.41, 5.74) is 0.528. The van der Waals surface area contributed by atoms with Gasteiger partial charge in [0.15, 0.2) is 5.82 Å². The maximum absolute atomic E-state index is 13.6. The lowest BCUT2D eigenvalue weighted by atomic mass is 10.2. The smallest absolute Gasteiger partial charge is 0.239 e. The fourth-order valence-electron chi connectivity index (χ4n) is 1.90. The van der Waals surface area contributed by atoms with Crippen molar-refractivity contribution in [2.45, 2.75) is 6.54 Å². The van der Waals surface area contributed by atoms with Gasteiger partial charge in [0.2, 0.25) is 5.91 Å². The largest absolute Gasteiger partial charge is 0.308 e. The number of aromatic nitrogens is 1. The fourth-order valence-corrected chi connectivity index (χ4v) is 2.32. The molecule has 22 heavy (non-hydrogen) atoms. The summed E-state index contributed by atoms with van der Waals surface area (Å²) < 4.78 is 13.6. The molecule has 1 aromatic heterocycles. The molecule has 0 aliphatic carbocycles. The quantitative estimate of drug-likeness (QED) is 0.903. The first-order valence-corrected chi connectivity index (χ1v) is 7.24. The number of hydrogen-bond acceptors (Lipinski definition) is 3.